The van der Waals surface area contributed by atoms with E-state index >= 15 is 0 Å². The van der Waals surface area contributed by atoms with Crippen LogP contribution in [-0.4, -0.2) is 15.9 Å². The highest BCUT2D eigenvalue weighted by Gasteiger charge is 2.17. The van der Waals surface area contributed by atoms with Gasteiger partial charge in [-0.3, -0.25) is 10.1 Å². The summed E-state index contributed by atoms with van der Waals surface area (Å²) < 4.78 is 19.6. The fourth-order valence-electron chi connectivity index (χ4n) is 2.80. The van der Waals surface area contributed by atoms with E-state index in [1.54, 1.807) is 19.1 Å². The van der Waals surface area contributed by atoms with Crippen LogP contribution in [0.25, 0.3) is 10.2 Å². The van der Waals surface area contributed by atoms with E-state index in [2.05, 4.69) is 28.3 Å². The van der Waals surface area contributed by atoms with E-state index in [4.69, 9.17) is 4.74 Å². The van der Waals surface area contributed by atoms with Gasteiger partial charge in [-0.15, -0.1) is 11.3 Å². The number of rotatable bonds is 6. The minimum atomic E-state index is -0.317. The molecule has 0 atom stereocenters. The molecule has 2 aromatic carbocycles. The Morgan fingerprint density at radius 2 is 1.93 bits per heavy atom. The van der Waals surface area contributed by atoms with Gasteiger partial charge in [-0.1, -0.05) is 24.3 Å². The molecule has 0 bridgehead atoms. The fourth-order valence-corrected chi connectivity index (χ4v) is 4.59. The van der Waals surface area contributed by atoms with Crippen molar-refractivity contribution in [1.29, 1.82) is 0 Å². The van der Waals surface area contributed by atoms with Crippen molar-refractivity contribution in [2.45, 2.75) is 26.9 Å². The average molecular weight is 428 g/mol. The summed E-state index contributed by atoms with van der Waals surface area (Å²) in [7, 11) is 0. The van der Waals surface area contributed by atoms with E-state index in [9.17, 15) is 9.18 Å². The number of hydrogen-bond acceptors (Lipinski definition) is 6. The second-order valence-corrected chi connectivity index (χ2v) is 8.51. The van der Waals surface area contributed by atoms with Gasteiger partial charge in [0.1, 0.15) is 28.1 Å². The third-order valence-electron chi connectivity index (χ3n) is 4.30. The number of aromatic nitrogens is 2. The van der Waals surface area contributed by atoms with Crippen LogP contribution < -0.4 is 10.1 Å². The number of hydrogen-bond donors (Lipinski definition) is 1. The van der Waals surface area contributed by atoms with Crippen LogP contribution in [0.5, 0.6) is 5.75 Å². The summed E-state index contributed by atoms with van der Waals surface area (Å²) in [6.07, 6.45) is 0.957. The van der Waals surface area contributed by atoms with E-state index in [0.29, 0.717) is 26.5 Å². The molecule has 0 unspecified atom stereocenters. The van der Waals surface area contributed by atoms with Crippen molar-refractivity contribution >= 4 is 43.9 Å². The number of halogens is 1. The quantitative estimate of drug-likeness (QED) is 0.435. The largest absolute Gasteiger partial charge is 0.486 e. The van der Waals surface area contributed by atoms with E-state index in [-0.39, 0.29) is 18.3 Å². The van der Waals surface area contributed by atoms with Crippen molar-refractivity contribution < 1.29 is 13.9 Å². The zero-order valence-corrected chi connectivity index (χ0v) is 17.5. The van der Waals surface area contributed by atoms with Crippen molar-refractivity contribution in [3.8, 4) is 5.75 Å². The zero-order chi connectivity index (χ0) is 20.4. The third kappa shape index (κ3) is 4.44. The highest BCUT2D eigenvalue weighted by atomic mass is 32.1. The van der Waals surface area contributed by atoms with Crippen molar-refractivity contribution in [2.24, 2.45) is 0 Å². The molecule has 0 aliphatic heterocycles. The first-order valence-electron chi connectivity index (χ1n) is 9.07. The van der Waals surface area contributed by atoms with Gasteiger partial charge in [-0.25, -0.2) is 14.4 Å². The van der Waals surface area contributed by atoms with Gasteiger partial charge in [-0.2, -0.15) is 0 Å². The van der Waals surface area contributed by atoms with E-state index in [1.165, 1.54) is 40.4 Å². The number of carbonyl (C=O) groups is 1. The molecule has 0 saturated heterocycles. The number of fused-ring (bicyclic) bond motifs is 1. The summed E-state index contributed by atoms with van der Waals surface area (Å²) in [5.41, 5.74) is 2.75. The number of anilines is 1. The van der Waals surface area contributed by atoms with Gasteiger partial charge in [-0.05, 0) is 55.3 Å². The van der Waals surface area contributed by atoms with Crippen molar-refractivity contribution in [3.05, 3.63) is 69.4 Å². The Balaban J connectivity index is 1.45. The molecule has 0 aliphatic carbocycles. The smallest absolute Gasteiger partial charge is 0.269 e. The molecule has 5 nitrogen and oxygen atoms in total. The number of amides is 1. The molecule has 0 fully saturated rings. The Morgan fingerprint density at radius 1 is 1.14 bits per heavy atom. The number of carbonyl (C=O) groups excluding carboxylic acids is 1. The lowest BCUT2D eigenvalue weighted by Gasteiger charge is -2.03. The molecular weight excluding hydrogens is 409 g/mol. The second kappa shape index (κ2) is 8.26. The summed E-state index contributed by atoms with van der Waals surface area (Å²) in [5.74, 6) is -0.00357. The van der Waals surface area contributed by atoms with Crippen LogP contribution in [0, 0.1) is 12.7 Å². The molecule has 29 heavy (non-hydrogen) atoms. The van der Waals surface area contributed by atoms with Gasteiger partial charge in [0.25, 0.3) is 5.91 Å². The Bertz CT molecular complexity index is 1170. The summed E-state index contributed by atoms with van der Waals surface area (Å²) in [6, 6.07) is 11.9. The molecular formula is C21H18FN3O2S2. The predicted molar refractivity (Wildman–Crippen MR) is 115 cm³/mol. The SMILES string of the molecule is CCc1ccc2nc(NC(=O)c3sc(COc4ccc(F)cc4)nc3C)sc2c1. The standard InChI is InChI=1S/C21H18FN3O2S2/c1-3-13-4-9-16-17(10-13)28-21(24-16)25-20(26)19-12(2)23-18(29-19)11-27-15-7-5-14(22)6-8-15/h4-10H,3,11H2,1-2H3,(H,24,25,26). The highest BCUT2D eigenvalue weighted by Crippen LogP contribution is 2.28. The van der Waals surface area contributed by atoms with Crippen LogP contribution in [0.2, 0.25) is 0 Å². The van der Waals surface area contributed by atoms with E-state index in [0.717, 1.165) is 16.6 Å². The molecule has 4 rings (SSSR count). The Kier molecular flexibility index (Phi) is 5.55. The number of aryl methyl sites for hydroxylation is 2. The number of thiazole rings is 2. The Labute approximate surface area is 175 Å². The monoisotopic (exact) mass is 427 g/mol. The summed E-state index contributed by atoms with van der Waals surface area (Å²) in [5, 5.41) is 4.12. The molecule has 0 radical (unpaired) electrons. The lowest BCUT2D eigenvalue weighted by atomic mass is 10.2. The highest BCUT2D eigenvalue weighted by molar-refractivity contribution is 7.22. The molecule has 4 aromatic rings. The molecule has 1 N–H and O–H groups in total. The van der Waals surface area contributed by atoms with Crippen LogP contribution in [0.4, 0.5) is 9.52 Å². The van der Waals surface area contributed by atoms with E-state index in [1.807, 2.05) is 12.1 Å². The first-order chi connectivity index (χ1) is 14.0. The molecule has 0 saturated carbocycles. The summed E-state index contributed by atoms with van der Waals surface area (Å²) in [6.45, 7) is 4.11. The summed E-state index contributed by atoms with van der Waals surface area (Å²) >= 11 is 2.73. The van der Waals surface area contributed by atoms with Crippen molar-refractivity contribution in [3.63, 3.8) is 0 Å². The van der Waals surface area contributed by atoms with Crippen LogP contribution in [-0.2, 0) is 13.0 Å². The third-order valence-corrected chi connectivity index (χ3v) is 6.37. The first-order valence-corrected chi connectivity index (χ1v) is 10.7. The van der Waals surface area contributed by atoms with Crippen LogP contribution in [0.3, 0.4) is 0 Å². The lowest BCUT2D eigenvalue weighted by molar-refractivity contribution is 0.103. The van der Waals surface area contributed by atoms with E-state index < -0.39 is 0 Å². The summed E-state index contributed by atoms with van der Waals surface area (Å²) in [4.78, 5) is 22.1. The van der Waals surface area contributed by atoms with Crippen LogP contribution in [0.1, 0.15) is 32.9 Å². The van der Waals surface area contributed by atoms with Gasteiger partial charge in [0.05, 0.1) is 15.9 Å². The Morgan fingerprint density at radius 3 is 2.69 bits per heavy atom. The average Bonchev–Trinajstić information content (AvgIpc) is 3.29. The predicted octanol–water partition coefficient (Wildman–Crippen LogP) is 5.59. The Hall–Kier alpha value is -2.84. The topological polar surface area (TPSA) is 64.1 Å². The minimum absolute atomic E-state index is 0.214. The van der Waals surface area contributed by atoms with Crippen LogP contribution in [0.15, 0.2) is 42.5 Å². The molecule has 0 spiro atoms. The number of nitrogens with one attached hydrogen (secondary N) is 1. The van der Waals surface area contributed by atoms with Crippen LogP contribution >= 0.6 is 22.7 Å². The minimum Gasteiger partial charge on any atom is -0.486 e. The molecule has 2 heterocycles. The van der Waals surface area contributed by atoms with Crippen molar-refractivity contribution in [1.82, 2.24) is 9.97 Å². The number of ether oxygens (including phenoxy) is 1. The van der Waals surface area contributed by atoms with Gasteiger partial charge in [0, 0.05) is 0 Å². The first kappa shape index (κ1) is 19.5. The van der Waals surface area contributed by atoms with Gasteiger partial charge in [0.2, 0.25) is 0 Å². The molecule has 1 amide bonds. The van der Waals surface area contributed by atoms with Crippen molar-refractivity contribution in [2.75, 3.05) is 5.32 Å². The molecule has 0 aliphatic rings. The second-order valence-electron chi connectivity index (χ2n) is 6.39. The fraction of sp³-hybridized carbons (Fsp3) is 0.190. The normalized spacial score (nSPS) is 11.0. The van der Waals surface area contributed by atoms with Gasteiger partial charge < -0.3 is 4.74 Å². The number of nitrogens with zero attached hydrogens (tertiary/aromatic N) is 2. The van der Waals surface area contributed by atoms with Gasteiger partial charge in [0.15, 0.2) is 5.13 Å². The maximum atomic E-state index is 13.0. The molecule has 8 heteroatoms. The van der Waals surface area contributed by atoms with Gasteiger partial charge >= 0.3 is 0 Å². The molecule has 2 aromatic heterocycles. The maximum absolute atomic E-state index is 13.0. The molecule has 148 valence electrons. The maximum Gasteiger partial charge on any atom is 0.269 e. The number of benzene rings is 2. The lowest BCUT2D eigenvalue weighted by Crippen LogP contribution is -2.11. The zero-order valence-electron chi connectivity index (χ0n) is 15.9.